The van der Waals surface area contributed by atoms with Crippen LogP contribution in [0.15, 0.2) is 24.4 Å². The highest BCUT2D eigenvalue weighted by Crippen LogP contribution is 2.31. The predicted molar refractivity (Wildman–Crippen MR) is 80.5 cm³/mol. The Labute approximate surface area is 127 Å². The van der Waals surface area contributed by atoms with Crippen LogP contribution in [0.3, 0.4) is 0 Å². The minimum atomic E-state index is -1.10. The molecular weight excluding hydrogens is 284 g/mol. The Bertz CT molecular complexity index is 718. The van der Waals surface area contributed by atoms with Crippen molar-refractivity contribution in [2.75, 3.05) is 13.7 Å². The summed E-state index contributed by atoms with van der Waals surface area (Å²) in [7, 11) is 1.58. The molecule has 0 aliphatic heterocycles. The van der Waals surface area contributed by atoms with Gasteiger partial charge in [0.1, 0.15) is 5.75 Å². The molecule has 1 aliphatic carbocycles. The summed E-state index contributed by atoms with van der Waals surface area (Å²) in [6, 6.07) is 5.36. The maximum atomic E-state index is 12.2. The number of methoxy groups -OCH3 is 1. The molecule has 0 saturated heterocycles. The molecule has 1 amide bonds. The zero-order valence-electron chi connectivity index (χ0n) is 12.3. The van der Waals surface area contributed by atoms with E-state index in [1.807, 2.05) is 0 Å². The van der Waals surface area contributed by atoms with Crippen molar-refractivity contribution >= 4 is 22.8 Å². The first-order valence-electron chi connectivity index (χ1n) is 7.21. The van der Waals surface area contributed by atoms with Gasteiger partial charge in [-0.2, -0.15) is 0 Å². The predicted octanol–water partition coefficient (Wildman–Crippen LogP) is 1.70. The number of esters is 1. The fourth-order valence-corrected chi connectivity index (χ4v) is 2.46. The van der Waals surface area contributed by atoms with Crippen LogP contribution in [0, 0.1) is 5.92 Å². The third-order valence-corrected chi connectivity index (χ3v) is 3.91. The summed E-state index contributed by atoms with van der Waals surface area (Å²) < 4.78 is 10.4. The topological polar surface area (TPSA) is 94.4 Å². The maximum absolute atomic E-state index is 12.2. The number of hydrogen-bond acceptors (Lipinski definition) is 4. The van der Waals surface area contributed by atoms with Gasteiger partial charge in [0, 0.05) is 28.7 Å². The Morgan fingerprint density at radius 3 is 2.82 bits per heavy atom. The van der Waals surface area contributed by atoms with Gasteiger partial charge < -0.3 is 20.2 Å². The fraction of sp³-hybridized carbons (Fsp3) is 0.375. The molecule has 2 aromatic rings. The second-order valence-corrected chi connectivity index (χ2v) is 5.56. The van der Waals surface area contributed by atoms with Crippen LogP contribution >= 0.6 is 0 Å². The van der Waals surface area contributed by atoms with E-state index in [1.54, 1.807) is 31.5 Å². The third-order valence-electron chi connectivity index (χ3n) is 3.91. The summed E-state index contributed by atoms with van der Waals surface area (Å²) in [6.45, 7) is 0.360. The van der Waals surface area contributed by atoms with Crippen LogP contribution in [0.25, 0.3) is 10.9 Å². The van der Waals surface area contributed by atoms with E-state index in [9.17, 15) is 9.59 Å². The van der Waals surface area contributed by atoms with Gasteiger partial charge in [-0.05, 0) is 30.9 Å². The van der Waals surface area contributed by atoms with Crippen LogP contribution in [-0.4, -0.2) is 30.6 Å². The van der Waals surface area contributed by atoms with Gasteiger partial charge in [-0.15, -0.1) is 0 Å². The van der Waals surface area contributed by atoms with Gasteiger partial charge in [0.15, 0.2) is 5.92 Å². The standard InChI is InChI=1S/C16H18N2O4/c1-21-10-4-5-11-12(7-18-13(11)6-10)14(15(17)19)16(20)22-8-9-2-3-9/h4-7,9,14,18H,2-3,8H2,1H3,(H2,17,19). The second-order valence-electron chi connectivity index (χ2n) is 5.56. The Kier molecular flexibility index (Phi) is 3.75. The number of hydrogen-bond donors (Lipinski definition) is 2. The number of nitrogens with one attached hydrogen (secondary N) is 1. The highest BCUT2D eigenvalue weighted by Gasteiger charge is 2.32. The second kappa shape index (κ2) is 5.71. The summed E-state index contributed by atoms with van der Waals surface area (Å²) >= 11 is 0. The van der Waals surface area contributed by atoms with Crippen molar-refractivity contribution in [3.63, 3.8) is 0 Å². The van der Waals surface area contributed by atoms with Crippen LogP contribution in [0.1, 0.15) is 24.3 Å². The Morgan fingerprint density at radius 1 is 1.41 bits per heavy atom. The fourth-order valence-electron chi connectivity index (χ4n) is 2.46. The minimum absolute atomic E-state index is 0.360. The lowest BCUT2D eigenvalue weighted by Gasteiger charge is -2.12. The Morgan fingerprint density at radius 2 is 2.18 bits per heavy atom. The number of carbonyl (C=O) groups is 2. The van der Waals surface area contributed by atoms with Crippen LogP contribution in [0.2, 0.25) is 0 Å². The molecule has 3 N–H and O–H groups in total. The van der Waals surface area contributed by atoms with E-state index in [1.165, 1.54) is 0 Å². The number of carbonyl (C=O) groups excluding carboxylic acids is 2. The zero-order valence-corrected chi connectivity index (χ0v) is 12.3. The average molecular weight is 302 g/mol. The van der Waals surface area contributed by atoms with E-state index in [4.69, 9.17) is 15.2 Å². The summed E-state index contributed by atoms with van der Waals surface area (Å²) in [5, 5.41) is 0.757. The lowest BCUT2D eigenvalue weighted by atomic mass is 9.98. The maximum Gasteiger partial charge on any atom is 0.323 e. The van der Waals surface area contributed by atoms with Crippen molar-refractivity contribution in [3.8, 4) is 5.75 Å². The zero-order chi connectivity index (χ0) is 15.7. The normalized spacial score (nSPS) is 15.5. The van der Waals surface area contributed by atoms with Crippen LogP contribution in [0.5, 0.6) is 5.75 Å². The van der Waals surface area contributed by atoms with Gasteiger partial charge in [-0.1, -0.05) is 0 Å². The first-order chi connectivity index (χ1) is 10.6. The summed E-state index contributed by atoms with van der Waals surface area (Å²) in [6.07, 6.45) is 3.76. The van der Waals surface area contributed by atoms with Crippen molar-refractivity contribution in [2.24, 2.45) is 11.7 Å². The largest absolute Gasteiger partial charge is 0.497 e. The van der Waals surface area contributed by atoms with Gasteiger partial charge in [0.2, 0.25) is 5.91 Å². The molecule has 1 aromatic carbocycles. The van der Waals surface area contributed by atoms with Crippen molar-refractivity contribution in [1.29, 1.82) is 0 Å². The SMILES string of the molecule is COc1ccc2c(C(C(N)=O)C(=O)OCC3CC3)c[nH]c2c1. The average Bonchev–Trinajstić information content (AvgIpc) is 3.25. The number of ether oxygens (including phenoxy) is 2. The van der Waals surface area contributed by atoms with Crippen molar-refractivity contribution < 1.29 is 19.1 Å². The third kappa shape index (κ3) is 2.77. The molecule has 0 radical (unpaired) electrons. The quantitative estimate of drug-likeness (QED) is 0.627. The first-order valence-corrected chi connectivity index (χ1v) is 7.21. The lowest BCUT2D eigenvalue weighted by molar-refractivity contribution is -0.148. The number of benzene rings is 1. The number of rotatable bonds is 6. The van der Waals surface area contributed by atoms with Crippen molar-refractivity contribution in [1.82, 2.24) is 4.98 Å². The lowest BCUT2D eigenvalue weighted by Crippen LogP contribution is -2.30. The molecule has 1 aromatic heterocycles. The number of fused-ring (bicyclic) bond motifs is 1. The molecule has 1 heterocycles. The molecule has 0 spiro atoms. The van der Waals surface area contributed by atoms with Gasteiger partial charge in [0.05, 0.1) is 13.7 Å². The number of aromatic amines is 1. The highest BCUT2D eigenvalue weighted by atomic mass is 16.5. The van der Waals surface area contributed by atoms with Gasteiger partial charge in [0.25, 0.3) is 0 Å². The van der Waals surface area contributed by atoms with Crippen LogP contribution in [0.4, 0.5) is 0 Å². The number of aromatic nitrogens is 1. The van der Waals surface area contributed by atoms with E-state index >= 15 is 0 Å². The Balaban J connectivity index is 1.90. The molecule has 3 rings (SSSR count). The van der Waals surface area contributed by atoms with Crippen LogP contribution in [-0.2, 0) is 14.3 Å². The first kappa shape index (κ1) is 14.4. The molecule has 1 unspecified atom stereocenters. The molecule has 1 aliphatic rings. The van der Waals surface area contributed by atoms with Crippen molar-refractivity contribution in [2.45, 2.75) is 18.8 Å². The number of nitrogens with two attached hydrogens (primary N) is 1. The van der Waals surface area contributed by atoms with E-state index in [0.29, 0.717) is 23.8 Å². The van der Waals surface area contributed by atoms with E-state index < -0.39 is 17.8 Å². The van der Waals surface area contributed by atoms with Gasteiger partial charge >= 0.3 is 5.97 Å². The molecule has 22 heavy (non-hydrogen) atoms. The van der Waals surface area contributed by atoms with E-state index in [-0.39, 0.29) is 0 Å². The smallest absolute Gasteiger partial charge is 0.323 e. The summed E-state index contributed by atoms with van der Waals surface area (Å²) in [5.74, 6) is -1.27. The molecular formula is C16H18N2O4. The van der Waals surface area contributed by atoms with Gasteiger partial charge in [-0.3, -0.25) is 9.59 Å². The number of H-pyrrole nitrogens is 1. The number of primary amides is 1. The van der Waals surface area contributed by atoms with Crippen molar-refractivity contribution in [3.05, 3.63) is 30.0 Å². The molecule has 116 valence electrons. The molecule has 1 atom stereocenters. The molecule has 6 nitrogen and oxygen atoms in total. The molecule has 1 saturated carbocycles. The molecule has 6 heteroatoms. The summed E-state index contributed by atoms with van der Waals surface area (Å²) in [5.41, 5.74) is 6.73. The molecule has 1 fully saturated rings. The molecule has 0 bridgehead atoms. The van der Waals surface area contributed by atoms with Gasteiger partial charge in [-0.25, -0.2) is 0 Å². The highest BCUT2D eigenvalue weighted by molar-refractivity contribution is 6.06. The van der Waals surface area contributed by atoms with Crippen LogP contribution < -0.4 is 10.5 Å². The van der Waals surface area contributed by atoms with E-state index in [2.05, 4.69) is 4.98 Å². The van der Waals surface area contributed by atoms with E-state index in [0.717, 1.165) is 23.7 Å². The number of amides is 1. The Hall–Kier alpha value is -2.50. The summed E-state index contributed by atoms with van der Waals surface area (Å²) in [4.78, 5) is 27.0. The minimum Gasteiger partial charge on any atom is -0.497 e. The monoisotopic (exact) mass is 302 g/mol.